The van der Waals surface area contributed by atoms with Crippen molar-refractivity contribution in [3.05, 3.63) is 28.7 Å². The highest BCUT2D eigenvalue weighted by Gasteiger charge is 2.47. The van der Waals surface area contributed by atoms with Gasteiger partial charge < -0.3 is 5.32 Å². The number of carbonyl (C=O) groups is 2. The van der Waals surface area contributed by atoms with Gasteiger partial charge in [0.15, 0.2) is 0 Å². The standard InChI is InChI=1S/C14H15BrN2O2/c15-10-1-3-11(4-2-10)17-14-7-5-9(6-8-14)12(18)16-13(14)19/h1-4,9,17H,5-8H2,(H,16,18,19). The van der Waals surface area contributed by atoms with Crippen LogP contribution < -0.4 is 10.6 Å². The van der Waals surface area contributed by atoms with Gasteiger partial charge in [-0.3, -0.25) is 14.9 Å². The fourth-order valence-electron chi connectivity index (χ4n) is 2.92. The molecule has 100 valence electrons. The fourth-order valence-corrected chi connectivity index (χ4v) is 3.19. The zero-order valence-electron chi connectivity index (χ0n) is 10.4. The van der Waals surface area contributed by atoms with Crippen LogP contribution >= 0.6 is 15.9 Å². The summed E-state index contributed by atoms with van der Waals surface area (Å²) in [5, 5.41) is 5.86. The number of nitrogens with one attached hydrogen (secondary N) is 2. The molecule has 1 aliphatic carbocycles. The Balaban J connectivity index is 1.87. The maximum atomic E-state index is 12.3. The van der Waals surface area contributed by atoms with E-state index in [2.05, 4.69) is 26.6 Å². The molecule has 0 spiro atoms. The van der Waals surface area contributed by atoms with Gasteiger partial charge in [0.25, 0.3) is 5.91 Å². The molecule has 2 N–H and O–H groups in total. The number of hydrogen-bond acceptors (Lipinski definition) is 3. The first-order valence-electron chi connectivity index (χ1n) is 6.48. The minimum absolute atomic E-state index is 0.00583. The van der Waals surface area contributed by atoms with Crippen molar-refractivity contribution in [2.24, 2.45) is 5.92 Å². The Morgan fingerprint density at radius 1 is 1.16 bits per heavy atom. The molecule has 4 rings (SSSR count). The van der Waals surface area contributed by atoms with Crippen molar-refractivity contribution in [1.29, 1.82) is 0 Å². The highest BCUT2D eigenvalue weighted by molar-refractivity contribution is 9.10. The van der Waals surface area contributed by atoms with Crippen LogP contribution in [0.1, 0.15) is 25.7 Å². The van der Waals surface area contributed by atoms with Crippen LogP contribution in [-0.4, -0.2) is 17.4 Å². The number of fused-ring (bicyclic) bond motifs is 4. The molecule has 2 aliphatic heterocycles. The predicted octanol–water partition coefficient (Wildman–Crippen LogP) is 2.45. The van der Waals surface area contributed by atoms with E-state index < -0.39 is 5.54 Å². The van der Waals surface area contributed by atoms with Crippen LogP contribution in [0.25, 0.3) is 0 Å². The minimum atomic E-state index is -0.628. The topological polar surface area (TPSA) is 58.2 Å². The number of benzene rings is 1. The highest BCUT2D eigenvalue weighted by atomic mass is 79.9. The van der Waals surface area contributed by atoms with Crippen LogP contribution in [0.3, 0.4) is 0 Å². The van der Waals surface area contributed by atoms with Crippen molar-refractivity contribution in [3.63, 3.8) is 0 Å². The summed E-state index contributed by atoms with van der Waals surface area (Å²) in [5.74, 6) is -0.284. The summed E-state index contributed by atoms with van der Waals surface area (Å²) < 4.78 is 1.000. The summed E-state index contributed by atoms with van der Waals surface area (Å²) in [6.45, 7) is 0. The zero-order chi connectivity index (χ0) is 13.5. The SMILES string of the molecule is O=C1NC(=O)C2(Nc3ccc(Br)cc3)CCC1CC2. The number of imide groups is 1. The summed E-state index contributed by atoms with van der Waals surface area (Å²) in [4.78, 5) is 24.0. The lowest BCUT2D eigenvalue weighted by atomic mass is 9.77. The molecular formula is C14H15BrN2O2. The molecule has 1 aromatic rings. The first-order valence-corrected chi connectivity index (χ1v) is 7.27. The Hall–Kier alpha value is -1.36. The van der Waals surface area contributed by atoms with Gasteiger partial charge in [-0.25, -0.2) is 0 Å². The molecule has 2 saturated heterocycles. The molecule has 0 atom stereocenters. The van der Waals surface area contributed by atoms with Gasteiger partial charge in [0, 0.05) is 16.1 Å². The van der Waals surface area contributed by atoms with E-state index in [0.29, 0.717) is 12.8 Å². The van der Waals surface area contributed by atoms with Gasteiger partial charge in [-0.2, -0.15) is 0 Å². The molecule has 0 aromatic heterocycles. The van der Waals surface area contributed by atoms with E-state index >= 15 is 0 Å². The second kappa shape index (κ2) is 4.63. The van der Waals surface area contributed by atoms with E-state index in [4.69, 9.17) is 0 Å². The number of amides is 2. The molecule has 3 fully saturated rings. The van der Waals surface area contributed by atoms with Crippen molar-refractivity contribution in [2.45, 2.75) is 31.2 Å². The maximum Gasteiger partial charge on any atom is 0.252 e. The normalized spacial score (nSPS) is 29.8. The first kappa shape index (κ1) is 12.7. The Labute approximate surface area is 120 Å². The number of hydrogen-bond donors (Lipinski definition) is 2. The van der Waals surface area contributed by atoms with Crippen LogP contribution in [0, 0.1) is 5.92 Å². The summed E-state index contributed by atoms with van der Waals surface area (Å²) >= 11 is 3.39. The molecule has 0 radical (unpaired) electrons. The van der Waals surface area contributed by atoms with Crippen LogP contribution in [-0.2, 0) is 9.59 Å². The van der Waals surface area contributed by atoms with E-state index in [9.17, 15) is 9.59 Å². The highest BCUT2D eigenvalue weighted by Crippen LogP contribution is 2.37. The van der Waals surface area contributed by atoms with Gasteiger partial charge in [-0.05, 0) is 49.9 Å². The van der Waals surface area contributed by atoms with Crippen molar-refractivity contribution in [3.8, 4) is 0 Å². The maximum absolute atomic E-state index is 12.3. The van der Waals surface area contributed by atoms with E-state index in [-0.39, 0.29) is 17.7 Å². The number of rotatable bonds is 2. The van der Waals surface area contributed by atoms with E-state index in [0.717, 1.165) is 23.0 Å². The van der Waals surface area contributed by atoms with E-state index in [1.807, 2.05) is 24.3 Å². The van der Waals surface area contributed by atoms with Gasteiger partial charge in [0.2, 0.25) is 5.91 Å². The first-order chi connectivity index (χ1) is 9.09. The third-order valence-electron chi connectivity index (χ3n) is 4.11. The quantitative estimate of drug-likeness (QED) is 0.822. The lowest BCUT2D eigenvalue weighted by Crippen LogP contribution is -2.51. The van der Waals surface area contributed by atoms with Gasteiger partial charge >= 0.3 is 0 Å². The summed E-state index contributed by atoms with van der Waals surface area (Å²) in [6.07, 6.45) is 2.98. The van der Waals surface area contributed by atoms with Crippen molar-refractivity contribution >= 4 is 33.4 Å². The van der Waals surface area contributed by atoms with Gasteiger partial charge in [-0.1, -0.05) is 15.9 Å². The van der Waals surface area contributed by atoms with Crippen molar-refractivity contribution in [1.82, 2.24) is 5.32 Å². The number of anilines is 1. The molecule has 2 amide bonds. The Bertz CT molecular complexity index is 519. The molecule has 19 heavy (non-hydrogen) atoms. The van der Waals surface area contributed by atoms with Crippen LogP contribution in [0.4, 0.5) is 5.69 Å². The largest absolute Gasteiger partial charge is 0.371 e. The predicted molar refractivity (Wildman–Crippen MR) is 75.6 cm³/mol. The molecular weight excluding hydrogens is 308 g/mol. The smallest absolute Gasteiger partial charge is 0.252 e. The summed E-state index contributed by atoms with van der Waals surface area (Å²) in [6, 6.07) is 7.74. The summed E-state index contributed by atoms with van der Waals surface area (Å²) in [7, 11) is 0. The van der Waals surface area contributed by atoms with Crippen molar-refractivity contribution < 1.29 is 9.59 Å². The molecule has 1 saturated carbocycles. The van der Waals surface area contributed by atoms with Gasteiger partial charge in [-0.15, -0.1) is 0 Å². The molecule has 5 heteroatoms. The zero-order valence-corrected chi connectivity index (χ0v) is 12.0. The third kappa shape index (κ3) is 2.27. The monoisotopic (exact) mass is 322 g/mol. The molecule has 0 unspecified atom stereocenters. The number of halogens is 1. The van der Waals surface area contributed by atoms with E-state index in [1.54, 1.807) is 0 Å². The van der Waals surface area contributed by atoms with Crippen LogP contribution in [0.5, 0.6) is 0 Å². The minimum Gasteiger partial charge on any atom is -0.371 e. The molecule has 4 nitrogen and oxygen atoms in total. The molecule has 2 heterocycles. The van der Waals surface area contributed by atoms with E-state index in [1.165, 1.54) is 0 Å². The van der Waals surface area contributed by atoms with Crippen LogP contribution in [0.2, 0.25) is 0 Å². The van der Waals surface area contributed by atoms with Crippen molar-refractivity contribution in [2.75, 3.05) is 5.32 Å². The van der Waals surface area contributed by atoms with Crippen LogP contribution in [0.15, 0.2) is 28.7 Å². The second-order valence-electron chi connectivity index (χ2n) is 5.31. The average molecular weight is 323 g/mol. The van der Waals surface area contributed by atoms with Gasteiger partial charge in [0.1, 0.15) is 5.54 Å². The van der Waals surface area contributed by atoms with Gasteiger partial charge in [0.05, 0.1) is 0 Å². The Morgan fingerprint density at radius 2 is 1.79 bits per heavy atom. The Kier molecular flexibility index (Phi) is 3.09. The number of carbonyl (C=O) groups excluding carboxylic acids is 2. The average Bonchev–Trinajstić information content (AvgIpc) is 2.59. The Morgan fingerprint density at radius 3 is 2.42 bits per heavy atom. The fraction of sp³-hybridized carbons (Fsp3) is 0.429. The third-order valence-corrected chi connectivity index (χ3v) is 4.64. The summed E-state index contributed by atoms with van der Waals surface area (Å²) in [5.41, 5.74) is 0.280. The molecule has 2 bridgehead atoms. The second-order valence-corrected chi connectivity index (χ2v) is 6.22. The lowest BCUT2D eigenvalue weighted by molar-refractivity contribution is -0.132. The lowest BCUT2D eigenvalue weighted by Gasteiger charge is -2.35. The molecule has 3 aliphatic rings. The molecule has 1 aromatic carbocycles.